The van der Waals surface area contributed by atoms with Crippen molar-refractivity contribution in [3.63, 3.8) is 0 Å². The van der Waals surface area contributed by atoms with Crippen molar-refractivity contribution < 1.29 is 24.8 Å². The molecule has 206 valence electrons. The van der Waals surface area contributed by atoms with Crippen molar-refractivity contribution >= 4 is 5.91 Å². The van der Waals surface area contributed by atoms with Crippen molar-refractivity contribution in [2.24, 2.45) is 5.41 Å². The van der Waals surface area contributed by atoms with Crippen LogP contribution in [-0.2, 0) is 20.8 Å². The van der Waals surface area contributed by atoms with E-state index in [1.165, 1.54) is 22.3 Å². The van der Waals surface area contributed by atoms with E-state index < -0.39 is 0 Å². The molecule has 2 fully saturated rings. The number of hydrogen-bond donors (Lipinski definition) is 2. The zero-order valence-electron chi connectivity index (χ0n) is 22.3. The summed E-state index contributed by atoms with van der Waals surface area (Å²) in [6.45, 7) is 1.97. The summed E-state index contributed by atoms with van der Waals surface area (Å²) >= 11 is 0. The number of carbonyl (C=O) groups excluding carboxylic acids is 1. The lowest BCUT2D eigenvalue weighted by molar-refractivity contribution is -0.492. The van der Waals surface area contributed by atoms with Crippen LogP contribution in [0.3, 0.4) is 0 Å². The summed E-state index contributed by atoms with van der Waals surface area (Å²) < 4.78 is 6.74. The average Bonchev–Trinajstić information content (AvgIpc) is 3.74. The first-order chi connectivity index (χ1) is 19.0. The van der Waals surface area contributed by atoms with Gasteiger partial charge in [-0.3, -0.25) is 20.0 Å². The third kappa shape index (κ3) is 7.53. The highest BCUT2D eigenvalue weighted by Crippen LogP contribution is 2.49. The third-order valence-corrected chi connectivity index (χ3v) is 8.06. The highest BCUT2D eigenvalue weighted by Gasteiger charge is 2.44. The monoisotopic (exact) mass is 530 g/mol. The highest BCUT2D eigenvalue weighted by atomic mass is 17.1. The molecule has 0 bridgehead atoms. The Bertz CT molecular complexity index is 1200. The number of ether oxygens (including phenoxy) is 1. The van der Waals surface area contributed by atoms with Crippen molar-refractivity contribution in [1.82, 2.24) is 10.3 Å². The van der Waals surface area contributed by atoms with Gasteiger partial charge in [-0.15, -0.1) is 0 Å². The minimum atomic E-state index is -0.313. The van der Waals surface area contributed by atoms with Crippen LogP contribution in [-0.4, -0.2) is 59.0 Å². The third-order valence-electron chi connectivity index (χ3n) is 8.06. The normalized spacial score (nSPS) is 20.2. The van der Waals surface area contributed by atoms with Gasteiger partial charge in [0.15, 0.2) is 0 Å². The number of carbonyl (C=O) groups is 1. The molecule has 1 aliphatic heterocycles. The van der Waals surface area contributed by atoms with Crippen molar-refractivity contribution in [3.05, 3.63) is 96.1 Å². The Morgan fingerprint density at radius 2 is 1.67 bits per heavy atom. The molecule has 0 aromatic heterocycles. The van der Waals surface area contributed by atoms with Crippen LogP contribution >= 0.6 is 0 Å². The second-order valence-corrected chi connectivity index (χ2v) is 10.9. The molecule has 2 atom stereocenters. The maximum atomic E-state index is 13.0. The summed E-state index contributed by atoms with van der Waals surface area (Å²) in [6, 6.07) is 29.8. The molecule has 7 nitrogen and oxygen atoms in total. The van der Waals surface area contributed by atoms with Crippen LogP contribution < -0.4 is 0 Å². The lowest BCUT2D eigenvalue weighted by Gasteiger charge is -2.39. The standard InChI is InChI=1S/C32H38N2O5/c35-31(15-8-20-39-34(36)37)33-19-16-29(28-14-7-13-27(21-28)26-11-5-2-6-12-26)30(23-33)38-24-32(17-18-32)22-25-9-3-1-4-10-25/h1-7,9-14,21,29-30,36-37H,8,15-20,22-24H2/t29-,30?/m1/s1. The quantitative estimate of drug-likeness (QED) is 0.225. The van der Waals surface area contributed by atoms with Gasteiger partial charge in [0.2, 0.25) is 5.91 Å². The van der Waals surface area contributed by atoms with E-state index in [9.17, 15) is 4.79 Å². The highest BCUT2D eigenvalue weighted by molar-refractivity contribution is 5.76. The van der Waals surface area contributed by atoms with Crippen molar-refractivity contribution in [2.45, 2.75) is 50.5 Å². The number of hydrogen-bond acceptors (Lipinski definition) is 6. The van der Waals surface area contributed by atoms with Gasteiger partial charge in [-0.25, -0.2) is 0 Å². The first-order valence-electron chi connectivity index (χ1n) is 13.9. The van der Waals surface area contributed by atoms with Gasteiger partial charge in [0.1, 0.15) is 0 Å². The molecule has 7 heteroatoms. The minimum Gasteiger partial charge on any atom is -0.375 e. The minimum absolute atomic E-state index is 0.0385. The fraction of sp³-hybridized carbons (Fsp3) is 0.406. The maximum Gasteiger partial charge on any atom is 0.222 e. The van der Waals surface area contributed by atoms with E-state index in [1.54, 1.807) is 0 Å². The second kappa shape index (κ2) is 12.9. The SMILES string of the molecule is O=C(CCCON(O)O)N1CC[C@H](c2cccc(-c3ccccc3)c2)C(OCC2(Cc3ccccc3)CC2)C1. The Kier molecular flexibility index (Phi) is 9.06. The smallest absolute Gasteiger partial charge is 0.222 e. The maximum absolute atomic E-state index is 13.0. The van der Waals surface area contributed by atoms with Crippen molar-refractivity contribution in [1.29, 1.82) is 0 Å². The van der Waals surface area contributed by atoms with E-state index >= 15 is 0 Å². The molecular formula is C32H38N2O5. The molecule has 0 radical (unpaired) electrons. The van der Waals surface area contributed by atoms with E-state index in [-0.39, 0.29) is 41.8 Å². The van der Waals surface area contributed by atoms with Gasteiger partial charge in [0.05, 0.1) is 24.7 Å². The molecule has 3 aromatic carbocycles. The van der Waals surface area contributed by atoms with Crippen LogP contribution in [0.1, 0.15) is 49.1 Å². The van der Waals surface area contributed by atoms with Gasteiger partial charge in [-0.05, 0) is 59.8 Å². The molecule has 2 aliphatic rings. The topological polar surface area (TPSA) is 82.5 Å². The van der Waals surface area contributed by atoms with E-state index in [0.29, 0.717) is 26.1 Å². The van der Waals surface area contributed by atoms with Gasteiger partial charge >= 0.3 is 0 Å². The number of benzene rings is 3. The predicted molar refractivity (Wildman–Crippen MR) is 148 cm³/mol. The Morgan fingerprint density at radius 3 is 2.38 bits per heavy atom. The predicted octanol–water partition coefficient (Wildman–Crippen LogP) is 5.87. The van der Waals surface area contributed by atoms with E-state index in [2.05, 4.69) is 83.7 Å². The summed E-state index contributed by atoms with van der Waals surface area (Å²) in [4.78, 5) is 19.5. The number of nitrogens with zero attached hydrogens (tertiary/aromatic N) is 2. The van der Waals surface area contributed by atoms with Gasteiger partial charge in [0.25, 0.3) is 0 Å². The van der Waals surface area contributed by atoms with Crippen LogP contribution in [0.5, 0.6) is 0 Å². The first-order valence-corrected chi connectivity index (χ1v) is 13.9. The molecule has 0 spiro atoms. The summed E-state index contributed by atoms with van der Waals surface area (Å²) in [5.41, 5.74) is 5.16. The zero-order chi connectivity index (χ0) is 27.1. The number of rotatable bonds is 12. The largest absolute Gasteiger partial charge is 0.375 e. The number of amides is 1. The van der Waals surface area contributed by atoms with Crippen LogP contribution in [0.4, 0.5) is 0 Å². The van der Waals surface area contributed by atoms with Crippen molar-refractivity contribution in [3.8, 4) is 11.1 Å². The summed E-state index contributed by atoms with van der Waals surface area (Å²) in [6.07, 6.45) is 4.77. The Labute approximate surface area is 230 Å². The Balaban J connectivity index is 1.29. The van der Waals surface area contributed by atoms with Gasteiger partial charge in [-0.1, -0.05) is 84.9 Å². The molecule has 1 unspecified atom stereocenters. The average molecular weight is 531 g/mol. The molecule has 2 N–H and O–H groups in total. The molecule has 3 aromatic rings. The van der Waals surface area contributed by atoms with Gasteiger partial charge in [0, 0.05) is 25.4 Å². The number of likely N-dealkylation sites (tertiary alicyclic amines) is 1. The zero-order valence-corrected chi connectivity index (χ0v) is 22.3. The van der Waals surface area contributed by atoms with E-state index in [0.717, 1.165) is 25.7 Å². The van der Waals surface area contributed by atoms with E-state index in [1.807, 2.05) is 11.0 Å². The Morgan fingerprint density at radius 1 is 0.949 bits per heavy atom. The lowest BCUT2D eigenvalue weighted by Crippen LogP contribution is -2.47. The lowest BCUT2D eigenvalue weighted by atomic mass is 9.85. The fourth-order valence-corrected chi connectivity index (χ4v) is 5.66. The van der Waals surface area contributed by atoms with Crippen molar-refractivity contribution in [2.75, 3.05) is 26.3 Å². The second-order valence-electron chi connectivity index (χ2n) is 10.9. The Hall–Kier alpha value is -3.07. The molecule has 1 heterocycles. The molecule has 39 heavy (non-hydrogen) atoms. The van der Waals surface area contributed by atoms with Crippen LogP contribution in [0, 0.1) is 5.41 Å². The van der Waals surface area contributed by atoms with Crippen LogP contribution in [0.2, 0.25) is 0 Å². The van der Waals surface area contributed by atoms with Crippen LogP contribution in [0.25, 0.3) is 11.1 Å². The van der Waals surface area contributed by atoms with Crippen LogP contribution in [0.15, 0.2) is 84.9 Å². The molecule has 5 rings (SSSR count). The molecule has 1 saturated heterocycles. The fourth-order valence-electron chi connectivity index (χ4n) is 5.66. The molecular weight excluding hydrogens is 492 g/mol. The first kappa shape index (κ1) is 27.5. The molecule has 1 amide bonds. The summed E-state index contributed by atoms with van der Waals surface area (Å²) in [7, 11) is 0. The van der Waals surface area contributed by atoms with Gasteiger partial charge in [-0.2, -0.15) is 0 Å². The van der Waals surface area contributed by atoms with Gasteiger partial charge < -0.3 is 9.64 Å². The molecule has 1 aliphatic carbocycles. The van der Waals surface area contributed by atoms with E-state index in [4.69, 9.17) is 15.2 Å². The summed E-state index contributed by atoms with van der Waals surface area (Å²) in [5.74, 6) is 0.238. The summed E-state index contributed by atoms with van der Waals surface area (Å²) in [5, 5.41) is 17.1. The number of piperidine rings is 1. The molecule has 1 saturated carbocycles.